The number of anilines is 1. The Morgan fingerprint density at radius 1 is 0.964 bits per heavy atom. The Morgan fingerprint density at radius 2 is 1.64 bits per heavy atom. The quantitative estimate of drug-likeness (QED) is 0.517. The van der Waals surface area contributed by atoms with Gasteiger partial charge in [-0.1, -0.05) is 0 Å². The number of carbonyl (C=O) groups is 2. The van der Waals surface area contributed by atoms with Gasteiger partial charge in [-0.25, -0.2) is 8.78 Å². The Hall–Kier alpha value is -2.61. The Morgan fingerprint density at radius 3 is 2.25 bits per heavy atom. The summed E-state index contributed by atoms with van der Waals surface area (Å²) in [6, 6.07) is 10.7. The molecule has 0 heterocycles. The zero-order valence-corrected chi connectivity index (χ0v) is 16.6. The van der Waals surface area contributed by atoms with E-state index in [2.05, 4.69) is 29.6 Å². The highest BCUT2D eigenvalue weighted by atomic mass is 32.2. The number of benzene rings is 2. The van der Waals surface area contributed by atoms with Crippen LogP contribution in [0.3, 0.4) is 0 Å². The Balaban J connectivity index is 1.75. The third kappa shape index (κ3) is 6.23. The highest BCUT2D eigenvalue weighted by molar-refractivity contribution is 7.99. The number of halogens is 2. The van der Waals surface area contributed by atoms with Crippen molar-refractivity contribution in [2.75, 3.05) is 23.7 Å². The number of amides is 2. The third-order valence-corrected chi connectivity index (χ3v) is 5.06. The molecule has 0 aliphatic rings. The molecule has 2 rings (SSSR count). The first kappa shape index (κ1) is 21.7. The second-order valence-corrected chi connectivity index (χ2v) is 7.06. The van der Waals surface area contributed by atoms with Crippen molar-refractivity contribution >= 4 is 29.3 Å². The van der Waals surface area contributed by atoms with Crippen molar-refractivity contribution < 1.29 is 18.4 Å². The molecule has 2 aromatic rings. The lowest BCUT2D eigenvalue weighted by molar-refractivity contribution is -0.121. The SMILES string of the molecule is CCN(CC)c1ccc(C(=O)NNC(=O)CCSc2ccc(F)c(F)c2)cc1. The molecule has 28 heavy (non-hydrogen) atoms. The first-order valence-corrected chi connectivity index (χ1v) is 9.95. The molecule has 0 aliphatic heterocycles. The van der Waals surface area contributed by atoms with Crippen LogP contribution in [0.5, 0.6) is 0 Å². The molecule has 0 fully saturated rings. The summed E-state index contributed by atoms with van der Waals surface area (Å²) in [6.45, 7) is 5.87. The van der Waals surface area contributed by atoms with E-state index in [1.165, 1.54) is 17.8 Å². The maximum absolute atomic E-state index is 13.1. The number of hydrogen-bond donors (Lipinski definition) is 2. The van der Waals surface area contributed by atoms with Gasteiger partial charge in [0.25, 0.3) is 5.91 Å². The number of carbonyl (C=O) groups excluding carboxylic acids is 2. The molecule has 0 radical (unpaired) electrons. The molecule has 8 heteroatoms. The summed E-state index contributed by atoms with van der Waals surface area (Å²) in [5, 5.41) is 0. The predicted octanol–water partition coefficient (Wildman–Crippen LogP) is 3.75. The van der Waals surface area contributed by atoms with Crippen LogP contribution in [0.1, 0.15) is 30.6 Å². The van der Waals surface area contributed by atoms with Crippen molar-refractivity contribution in [3.63, 3.8) is 0 Å². The molecule has 0 atom stereocenters. The van der Waals surface area contributed by atoms with Crippen molar-refractivity contribution in [3.05, 3.63) is 59.7 Å². The Labute approximate surface area is 167 Å². The first-order valence-electron chi connectivity index (χ1n) is 8.96. The maximum Gasteiger partial charge on any atom is 0.269 e. The molecule has 2 N–H and O–H groups in total. The summed E-state index contributed by atoms with van der Waals surface area (Å²) in [4.78, 5) is 26.6. The van der Waals surface area contributed by atoms with Crippen molar-refractivity contribution in [1.29, 1.82) is 0 Å². The molecule has 2 amide bonds. The van der Waals surface area contributed by atoms with E-state index in [0.717, 1.165) is 30.9 Å². The monoisotopic (exact) mass is 407 g/mol. The van der Waals surface area contributed by atoms with Crippen LogP contribution in [0.4, 0.5) is 14.5 Å². The summed E-state index contributed by atoms with van der Waals surface area (Å²) in [5.41, 5.74) is 6.19. The first-order chi connectivity index (χ1) is 13.4. The lowest BCUT2D eigenvalue weighted by atomic mass is 10.2. The number of hydrazine groups is 1. The van der Waals surface area contributed by atoms with Gasteiger partial charge in [-0.05, 0) is 56.3 Å². The second-order valence-electron chi connectivity index (χ2n) is 5.90. The maximum atomic E-state index is 13.1. The Kier molecular flexibility index (Phi) is 8.25. The molecule has 0 bridgehead atoms. The minimum atomic E-state index is -0.922. The molecule has 150 valence electrons. The summed E-state index contributed by atoms with van der Waals surface area (Å²) >= 11 is 1.23. The second kappa shape index (κ2) is 10.7. The normalized spacial score (nSPS) is 10.4. The van der Waals surface area contributed by atoms with Gasteiger partial charge in [0.2, 0.25) is 5.91 Å². The van der Waals surface area contributed by atoms with Gasteiger partial charge in [-0.2, -0.15) is 0 Å². The van der Waals surface area contributed by atoms with Crippen LogP contribution in [-0.4, -0.2) is 30.7 Å². The molecule has 0 spiro atoms. The van der Waals surface area contributed by atoms with Crippen molar-refractivity contribution in [2.24, 2.45) is 0 Å². The lowest BCUT2D eigenvalue weighted by Crippen LogP contribution is -2.41. The average Bonchev–Trinajstić information content (AvgIpc) is 2.70. The standard InChI is InChI=1S/C20H23F2N3O2S/c1-3-25(4-2)15-7-5-14(6-8-15)20(27)24-23-19(26)11-12-28-16-9-10-17(21)18(22)13-16/h5-10,13H,3-4,11-12H2,1-2H3,(H,23,26)(H,24,27). The van der Waals surface area contributed by atoms with Crippen LogP contribution in [0.2, 0.25) is 0 Å². The number of rotatable bonds is 8. The number of nitrogens with one attached hydrogen (secondary N) is 2. The Bertz CT molecular complexity index is 812. The number of hydrogen-bond acceptors (Lipinski definition) is 4. The number of thioether (sulfide) groups is 1. The van der Waals surface area contributed by atoms with Crippen molar-refractivity contribution in [3.8, 4) is 0 Å². The van der Waals surface area contributed by atoms with Gasteiger partial charge in [0.1, 0.15) is 0 Å². The van der Waals surface area contributed by atoms with Gasteiger partial charge in [0, 0.05) is 41.4 Å². The van der Waals surface area contributed by atoms with Crippen molar-refractivity contribution in [2.45, 2.75) is 25.2 Å². The van der Waals surface area contributed by atoms with E-state index in [9.17, 15) is 18.4 Å². The van der Waals surface area contributed by atoms with E-state index in [1.54, 1.807) is 12.1 Å². The van der Waals surface area contributed by atoms with Crippen LogP contribution in [0.15, 0.2) is 47.4 Å². The van der Waals surface area contributed by atoms with Gasteiger partial charge < -0.3 is 4.90 Å². The van der Waals surface area contributed by atoms with E-state index < -0.39 is 17.5 Å². The minimum Gasteiger partial charge on any atom is -0.372 e. The molecular weight excluding hydrogens is 384 g/mol. The van der Waals surface area contributed by atoms with Crippen LogP contribution in [0, 0.1) is 11.6 Å². The summed E-state index contributed by atoms with van der Waals surface area (Å²) < 4.78 is 26.0. The van der Waals surface area contributed by atoms with E-state index in [0.29, 0.717) is 16.2 Å². The van der Waals surface area contributed by atoms with Gasteiger partial charge in [-0.15, -0.1) is 11.8 Å². The van der Waals surface area contributed by atoms with E-state index in [1.807, 2.05) is 12.1 Å². The fourth-order valence-electron chi connectivity index (χ4n) is 2.50. The summed E-state index contributed by atoms with van der Waals surface area (Å²) in [6.07, 6.45) is 0.116. The van der Waals surface area contributed by atoms with E-state index in [4.69, 9.17) is 0 Å². The molecule has 0 aromatic heterocycles. The fraction of sp³-hybridized carbons (Fsp3) is 0.300. The van der Waals surface area contributed by atoms with E-state index >= 15 is 0 Å². The molecule has 0 saturated heterocycles. The molecule has 5 nitrogen and oxygen atoms in total. The molecule has 2 aromatic carbocycles. The fourth-order valence-corrected chi connectivity index (χ4v) is 3.38. The topological polar surface area (TPSA) is 61.4 Å². The lowest BCUT2D eigenvalue weighted by Gasteiger charge is -2.21. The third-order valence-electron chi connectivity index (χ3n) is 4.06. The van der Waals surface area contributed by atoms with Gasteiger partial charge in [-0.3, -0.25) is 20.4 Å². The highest BCUT2D eigenvalue weighted by Crippen LogP contribution is 2.21. The smallest absolute Gasteiger partial charge is 0.269 e. The predicted molar refractivity (Wildman–Crippen MR) is 107 cm³/mol. The minimum absolute atomic E-state index is 0.116. The van der Waals surface area contributed by atoms with Crippen molar-refractivity contribution in [1.82, 2.24) is 10.9 Å². The summed E-state index contributed by atoms with van der Waals surface area (Å²) in [5.74, 6) is -2.25. The van der Waals surface area contributed by atoms with Crippen LogP contribution < -0.4 is 15.8 Å². The summed E-state index contributed by atoms with van der Waals surface area (Å²) in [7, 11) is 0. The molecule has 0 aliphatic carbocycles. The van der Waals surface area contributed by atoms with Crippen LogP contribution in [0.25, 0.3) is 0 Å². The average molecular weight is 407 g/mol. The van der Waals surface area contributed by atoms with Gasteiger partial charge >= 0.3 is 0 Å². The largest absolute Gasteiger partial charge is 0.372 e. The molecule has 0 saturated carbocycles. The molecule has 0 unspecified atom stereocenters. The zero-order chi connectivity index (χ0) is 20.5. The molecular formula is C20H23F2N3O2S. The highest BCUT2D eigenvalue weighted by Gasteiger charge is 2.09. The number of nitrogens with zero attached hydrogens (tertiary/aromatic N) is 1. The van der Waals surface area contributed by atoms with Gasteiger partial charge in [0.05, 0.1) is 0 Å². The van der Waals surface area contributed by atoms with Crippen LogP contribution in [-0.2, 0) is 4.79 Å². The van der Waals surface area contributed by atoms with Crippen LogP contribution >= 0.6 is 11.8 Å². The van der Waals surface area contributed by atoms with Gasteiger partial charge in [0.15, 0.2) is 11.6 Å². The zero-order valence-electron chi connectivity index (χ0n) is 15.8. The van der Waals surface area contributed by atoms with E-state index in [-0.39, 0.29) is 12.3 Å².